The molecule has 1 saturated heterocycles. The van der Waals surface area contributed by atoms with Crippen molar-refractivity contribution in [2.75, 3.05) is 13.1 Å². The van der Waals surface area contributed by atoms with Gasteiger partial charge in [0.1, 0.15) is 5.01 Å². The third kappa shape index (κ3) is 2.57. The summed E-state index contributed by atoms with van der Waals surface area (Å²) in [6.45, 7) is 3.06. The molecule has 1 fully saturated rings. The first-order chi connectivity index (χ1) is 7.65. The monoisotopic (exact) mass is 239 g/mol. The van der Waals surface area contributed by atoms with Gasteiger partial charge >= 0.3 is 0 Å². The Morgan fingerprint density at radius 2 is 2.38 bits per heavy atom. The van der Waals surface area contributed by atoms with Gasteiger partial charge in [0.25, 0.3) is 0 Å². The van der Waals surface area contributed by atoms with E-state index in [0.29, 0.717) is 19.5 Å². The Hall–Kier alpha value is -1.43. The first-order valence-corrected chi connectivity index (χ1v) is 5.92. The van der Waals surface area contributed by atoms with Crippen molar-refractivity contribution < 1.29 is 9.59 Å². The summed E-state index contributed by atoms with van der Waals surface area (Å²) in [5.41, 5.74) is 0. The van der Waals surface area contributed by atoms with Gasteiger partial charge in [-0.1, -0.05) is 0 Å². The van der Waals surface area contributed by atoms with E-state index in [-0.39, 0.29) is 18.4 Å². The van der Waals surface area contributed by atoms with Crippen LogP contribution >= 0.6 is 11.3 Å². The Bertz CT molecular complexity index is 416. The Morgan fingerprint density at radius 3 is 3.06 bits per heavy atom. The first-order valence-electron chi connectivity index (χ1n) is 5.11. The molecule has 0 unspecified atom stereocenters. The van der Waals surface area contributed by atoms with Gasteiger partial charge in [-0.15, -0.1) is 11.3 Å². The minimum atomic E-state index is -0.0637. The highest BCUT2D eigenvalue weighted by Crippen LogP contribution is 2.14. The second-order valence-corrected chi connectivity index (χ2v) is 5.03. The van der Waals surface area contributed by atoms with Crippen LogP contribution in [0.3, 0.4) is 0 Å². The summed E-state index contributed by atoms with van der Waals surface area (Å²) < 4.78 is 0. The molecule has 1 aromatic rings. The molecule has 0 spiro atoms. The fourth-order valence-corrected chi connectivity index (χ4v) is 2.34. The molecule has 86 valence electrons. The van der Waals surface area contributed by atoms with E-state index in [0.717, 1.165) is 9.88 Å². The van der Waals surface area contributed by atoms with E-state index in [2.05, 4.69) is 10.3 Å². The second kappa shape index (κ2) is 4.61. The second-order valence-electron chi connectivity index (χ2n) is 3.71. The van der Waals surface area contributed by atoms with Crippen molar-refractivity contribution in [1.29, 1.82) is 0 Å². The molecule has 1 aromatic heterocycles. The van der Waals surface area contributed by atoms with E-state index in [1.807, 2.05) is 6.92 Å². The number of aromatic nitrogens is 1. The normalized spacial score (nSPS) is 17.2. The van der Waals surface area contributed by atoms with Crippen molar-refractivity contribution in [2.45, 2.75) is 19.9 Å². The van der Waals surface area contributed by atoms with E-state index < -0.39 is 0 Å². The lowest BCUT2D eigenvalue weighted by atomic mass is 10.4. The summed E-state index contributed by atoms with van der Waals surface area (Å²) in [5.74, 6) is -0.107. The predicted molar refractivity (Wildman–Crippen MR) is 59.9 cm³/mol. The summed E-state index contributed by atoms with van der Waals surface area (Å²) in [6, 6.07) is 0. The summed E-state index contributed by atoms with van der Waals surface area (Å²) in [6.07, 6.45) is 2.17. The van der Waals surface area contributed by atoms with E-state index in [9.17, 15) is 9.59 Å². The zero-order valence-corrected chi connectivity index (χ0v) is 9.84. The molecule has 2 heterocycles. The minimum absolute atomic E-state index is 0.0429. The van der Waals surface area contributed by atoms with Gasteiger partial charge in [-0.2, -0.15) is 0 Å². The number of thiazole rings is 1. The molecule has 0 bridgehead atoms. The molecule has 0 aromatic carbocycles. The summed E-state index contributed by atoms with van der Waals surface area (Å²) in [5, 5.41) is 3.48. The maximum atomic E-state index is 11.7. The average Bonchev–Trinajstić information content (AvgIpc) is 2.59. The lowest BCUT2D eigenvalue weighted by Crippen LogP contribution is -2.34. The molecule has 1 aliphatic rings. The fourth-order valence-electron chi connectivity index (χ4n) is 1.54. The van der Waals surface area contributed by atoms with Crippen molar-refractivity contribution in [2.24, 2.45) is 0 Å². The van der Waals surface area contributed by atoms with Crippen LogP contribution in [0.1, 0.15) is 16.3 Å². The molecule has 5 nitrogen and oxygen atoms in total. The average molecular weight is 239 g/mol. The van der Waals surface area contributed by atoms with Gasteiger partial charge in [-0.05, 0) is 6.92 Å². The standard InChI is InChI=1S/C10H13N3O2S/c1-7-4-12-9(16-7)6-13-3-2-8(14)11-5-10(13)15/h4H,2-3,5-6H2,1H3,(H,11,14). The van der Waals surface area contributed by atoms with E-state index in [1.165, 1.54) is 0 Å². The summed E-state index contributed by atoms with van der Waals surface area (Å²) >= 11 is 1.58. The number of carbonyl (C=O) groups is 2. The number of amides is 2. The summed E-state index contributed by atoms with van der Waals surface area (Å²) in [7, 11) is 0. The number of nitrogens with zero attached hydrogens (tertiary/aromatic N) is 2. The zero-order chi connectivity index (χ0) is 11.5. The number of aryl methyl sites for hydroxylation is 1. The van der Waals surface area contributed by atoms with Crippen molar-refractivity contribution in [3.8, 4) is 0 Å². The largest absolute Gasteiger partial charge is 0.347 e. The third-order valence-corrected chi connectivity index (χ3v) is 3.29. The maximum absolute atomic E-state index is 11.7. The van der Waals surface area contributed by atoms with Crippen molar-refractivity contribution in [3.05, 3.63) is 16.1 Å². The SMILES string of the molecule is Cc1cnc(CN2CCC(=O)NCC2=O)s1. The van der Waals surface area contributed by atoms with Crippen LogP contribution in [0.15, 0.2) is 6.20 Å². The topological polar surface area (TPSA) is 62.3 Å². The fraction of sp³-hybridized carbons (Fsp3) is 0.500. The number of hydrogen-bond acceptors (Lipinski definition) is 4. The number of nitrogens with one attached hydrogen (secondary N) is 1. The highest BCUT2D eigenvalue weighted by molar-refractivity contribution is 7.11. The number of rotatable bonds is 2. The minimum Gasteiger partial charge on any atom is -0.347 e. The van der Waals surface area contributed by atoms with Crippen molar-refractivity contribution >= 4 is 23.2 Å². The highest BCUT2D eigenvalue weighted by atomic mass is 32.1. The van der Waals surface area contributed by atoms with Crippen LogP contribution in [0.25, 0.3) is 0 Å². The van der Waals surface area contributed by atoms with Crippen LogP contribution in [0.2, 0.25) is 0 Å². The van der Waals surface area contributed by atoms with Crippen LogP contribution in [-0.4, -0.2) is 34.8 Å². The zero-order valence-electron chi connectivity index (χ0n) is 9.02. The molecule has 0 atom stereocenters. The molecular formula is C10H13N3O2S. The highest BCUT2D eigenvalue weighted by Gasteiger charge is 2.20. The van der Waals surface area contributed by atoms with Gasteiger partial charge in [0, 0.05) is 24.0 Å². The van der Waals surface area contributed by atoms with E-state index in [1.54, 1.807) is 22.4 Å². The molecule has 0 saturated carbocycles. The van der Waals surface area contributed by atoms with Gasteiger partial charge in [-0.25, -0.2) is 4.98 Å². The Labute approximate surface area is 97.5 Å². The van der Waals surface area contributed by atoms with Crippen LogP contribution in [0.4, 0.5) is 0 Å². The molecule has 1 N–H and O–H groups in total. The van der Waals surface area contributed by atoms with Gasteiger partial charge < -0.3 is 10.2 Å². The molecular weight excluding hydrogens is 226 g/mol. The molecule has 2 rings (SSSR count). The quantitative estimate of drug-likeness (QED) is 0.807. The van der Waals surface area contributed by atoms with Gasteiger partial charge in [-0.3, -0.25) is 9.59 Å². The molecule has 6 heteroatoms. The van der Waals surface area contributed by atoms with Crippen LogP contribution in [0.5, 0.6) is 0 Å². The third-order valence-electron chi connectivity index (χ3n) is 2.39. The number of carbonyl (C=O) groups excluding carboxylic acids is 2. The van der Waals surface area contributed by atoms with E-state index >= 15 is 0 Å². The number of hydrogen-bond donors (Lipinski definition) is 1. The van der Waals surface area contributed by atoms with Crippen LogP contribution < -0.4 is 5.32 Å². The van der Waals surface area contributed by atoms with Gasteiger partial charge in [0.15, 0.2) is 0 Å². The van der Waals surface area contributed by atoms with Gasteiger partial charge in [0.05, 0.1) is 13.1 Å². The smallest absolute Gasteiger partial charge is 0.242 e. The van der Waals surface area contributed by atoms with Crippen LogP contribution in [0, 0.1) is 6.92 Å². The van der Waals surface area contributed by atoms with Crippen LogP contribution in [-0.2, 0) is 16.1 Å². The molecule has 2 amide bonds. The predicted octanol–water partition coefficient (Wildman–Crippen LogP) is 0.300. The van der Waals surface area contributed by atoms with Crippen molar-refractivity contribution in [3.63, 3.8) is 0 Å². The molecule has 1 aliphatic heterocycles. The van der Waals surface area contributed by atoms with Gasteiger partial charge in [0.2, 0.25) is 11.8 Å². The van der Waals surface area contributed by atoms with Crippen molar-refractivity contribution in [1.82, 2.24) is 15.2 Å². The first kappa shape index (κ1) is 11.1. The summed E-state index contributed by atoms with van der Waals surface area (Å²) in [4.78, 5) is 29.8. The molecule has 16 heavy (non-hydrogen) atoms. The Morgan fingerprint density at radius 1 is 1.56 bits per heavy atom. The molecule has 0 radical (unpaired) electrons. The maximum Gasteiger partial charge on any atom is 0.242 e. The molecule has 0 aliphatic carbocycles. The Balaban J connectivity index is 2.02. The lowest BCUT2D eigenvalue weighted by Gasteiger charge is -2.17. The van der Waals surface area contributed by atoms with E-state index in [4.69, 9.17) is 0 Å². The lowest BCUT2D eigenvalue weighted by molar-refractivity contribution is -0.130. The Kier molecular flexibility index (Phi) is 3.19.